The van der Waals surface area contributed by atoms with Crippen LogP contribution in [0.15, 0.2) is 29.4 Å². The highest BCUT2D eigenvalue weighted by molar-refractivity contribution is 8.00. The van der Waals surface area contributed by atoms with E-state index in [1.165, 1.54) is 36.6 Å². The number of para-hydroxylation sites is 1. The lowest BCUT2D eigenvalue weighted by Crippen LogP contribution is -2.35. The second kappa shape index (κ2) is 7.15. The topological polar surface area (TPSA) is 63.9 Å². The van der Waals surface area contributed by atoms with Crippen molar-refractivity contribution in [2.75, 3.05) is 11.4 Å². The van der Waals surface area contributed by atoms with Crippen LogP contribution in [0.5, 0.6) is 0 Å². The van der Waals surface area contributed by atoms with Crippen LogP contribution in [0.3, 0.4) is 0 Å². The third-order valence-corrected chi connectivity index (χ3v) is 6.20. The number of fused-ring (bicyclic) bond motifs is 1. The molecule has 0 N–H and O–H groups in total. The van der Waals surface area contributed by atoms with E-state index in [1.807, 2.05) is 34.7 Å². The van der Waals surface area contributed by atoms with E-state index in [1.54, 1.807) is 0 Å². The molecule has 1 fully saturated rings. The number of amides is 1. The number of thioether (sulfide) groups is 1. The molecule has 1 aliphatic carbocycles. The van der Waals surface area contributed by atoms with Gasteiger partial charge in [0.15, 0.2) is 0 Å². The Labute approximate surface area is 152 Å². The quantitative estimate of drug-likeness (QED) is 0.786. The van der Waals surface area contributed by atoms with E-state index in [9.17, 15) is 4.79 Å². The lowest BCUT2D eigenvalue weighted by atomic mass is 9.96. The van der Waals surface area contributed by atoms with Gasteiger partial charge in [0.25, 0.3) is 0 Å². The van der Waals surface area contributed by atoms with Gasteiger partial charge in [-0.1, -0.05) is 49.2 Å². The van der Waals surface area contributed by atoms with E-state index in [0.29, 0.717) is 6.04 Å². The molecule has 0 spiro atoms. The first-order valence-electron chi connectivity index (χ1n) is 9.08. The Morgan fingerprint density at radius 1 is 1.24 bits per heavy atom. The number of tetrazole rings is 1. The zero-order valence-corrected chi connectivity index (χ0v) is 15.3. The molecular formula is C18H23N5OS. The lowest BCUT2D eigenvalue weighted by molar-refractivity contribution is -0.117. The van der Waals surface area contributed by atoms with E-state index in [2.05, 4.69) is 21.6 Å². The molecule has 1 amide bonds. The number of anilines is 1. The molecule has 2 heterocycles. The van der Waals surface area contributed by atoms with Gasteiger partial charge in [-0.3, -0.25) is 4.79 Å². The van der Waals surface area contributed by atoms with Gasteiger partial charge in [0.2, 0.25) is 11.1 Å². The van der Waals surface area contributed by atoms with Crippen LogP contribution in [0.4, 0.5) is 5.69 Å². The Morgan fingerprint density at radius 3 is 2.88 bits per heavy atom. The van der Waals surface area contributed by atoms with Gasteiger partial charge in [0.05, 0.1) is 11.3 Å². The van der Waals surface area contributed by atoms with E-state index in [4.69, 9.17) is 0 Å². The smallest absolute Gasteiger partial charge is 0.240 e. The van der Waals surface area contributed by atoms with Gasteiger partial charge in [-0.05, 0) is 48.2 Å². The fourth-order valence-corrected chi connectivity index (χ4v) is 4.73. The van der Waals surface area contributed by atoms with Crippen molar-refractivity contribution in [2.45, 2.75) is 61.9 Å². The van der Waals surface area contributed by atoms with Crippen molar-refractivity contribution in [3.63, 3.8) is 0 Å². The molecule has 7 heteroatoms. The largest absolute Gasteiger partial charge is 0.311 e. The SMILES string of the molecule is C[C@@H](Sc1nnnn1C1CCCCC1)C(=O)N1CCc2ccccc21. The van der Waals surface area contributed by atoms with Crippen LogP contribution in [-0.4, -0.2) is 37.9 Å². The van der Waals surface area contributed by atoms with Crippen molar-refractivity contribution in [2.24, 2.45) is 0 Å². The molecule has 132 valence electrons. The van der Waals surface area contributed by atoms with Crippen molar-refractivity contribution < 1.29 is 4.79 Å². The van der Waals surface area contributed by atoms with Gasteiger partial charge in [-0.2, -0.15) is 0 Å². The molecule has 0 saturated heterocycles. The summed E-state index contributed by atoms with van der Waals surface area (Å²) in [7, 11) is 0. The molecule has 1 atom stereocenters. The number of aromatic nitrogens is 4. The normalized spacial score (nSPS) is 19.0. The predicted octanol–water partition coefficient (Wildman–Crippen LogP) is 3.25. The first kappa shape index (κ1) is 16.6. The van der Waals surface area contributed by atoms with Gasteiger partial charge in [-0.25, -0.2) is 4.68 Å². The van der Waals surface area contributed by atoms with Crippen LogP contribution in [0.2, 0.25) is 0 Å². The molecule has 2 aromatic rings. The first-order chi connectivity index (χ1) is 12.2. The third-order valence-electron chi connectivity index (χ3n) is 5.17. The zero-order valence-electron chi connectivity index (χ0n) is 14.5. The minimum atomic E-state index is -0.209. The summed E-state index contributed by atoms with van der Waals surface area (Å²) in [5.74, 6) is 0.133. The zero-order chi connectivity index (χ0) is 17.2. The molecule has 6 nitrogen and oxygen atoms in total. The molecule has 1 aromatic heterocycles. The minimum absolute atomic E-state index is 0.133. The third kappa shape index (κ3) is 3.29. The number of nitrogens with zero attached hydrogens (tertiary/aromatic N) is 5. The van der Waals surface area contributed by atoms with Crippen LogP contribution in [0.25, 0.3) is 0 Å². The number of benzene rings is 1. The maximum atomic E-state index is 12.9. The standard InChI is InChI=1S/C18H23N5OS/c1-13(17(24)22-12-11-14-7-5-6-10-16(14)22)25-18-19-20-21-23(18)15-8-3-2-4-9-15/h5-7,10,13,15H,2-4,8-9,11-12H2,1H3/t13-/m1/s1. The van der Waals surface area contributed by atoms with Gasteiger partial charge in [-0.15, -0.1) is 5.10 Å². The van der Waals surface area contributed by atoms with Crippen molar-refractivity contribution in [1.82, 2.24) is 20.2 Å². The van der Waals surface area contributed by atoms with Crippen LogP contribution < -0.4 is 4.90 Å². The average Bonchev–Trinajstić information content (AvgIpc) is 3.28. The number of carbonyl (C=O) groups excluding carboxylic acids is 1. The van der Waals surface area contributed by atoms with Crippen LogP contribution in [-0.2, 0) is 11.2 Å². The fraction of sp³-hybridized carbons (Fsp3) is 0.556. The Hall–Kier alpha value is -1.89. The summed E-state index contributed by atoms with van der Waals surface area (Å²) in [5.41, 5.74) is 2.30. The lowest BCUT2D eigenvalue weighted by Gasteiger charge is -2.24. The predicted molar refractivity (Wildman–Crippen MR) is 97.8 cm³/mol. The Kier molecular flexibility index (Phi) is 4.74. The van der Waals surface area contributed by atoms with Crippen LogP contribution >= 0.6 is 11.8 Å². The Bertz CT molecular complexity index is 755. The highest BCUT2D eigenvalue weighted by Crippen LogP contribution is 2.33. The highest BCUT2D eigenvalue weighted by Gasteiger charge is 2.30. The Balaban J connectivity index is 1.47. The van der Waals surface area contributed by atoms with Crippen molar-refractivity contribution in [1.29, 1.82) is 0 Å². The van der Waals surface area contributed by atoms with E-state index in [0.717, 1.165) is 36.7 Å². The second-order valence-electron chi connectivity index (χ2n) is 6.83. The molecule has 4 rings (SSSR count). The van der Waals surface area contributed by atoms with Gasteiger partial charge in [0, 0.05) is 12.2 Å². The fourth-order valence-electron chi connectivity index (χ4n) is 3.81. The second-order valence-corrected chi connectivity index (χ2v) is 8.13. The highest BCUT2D eigenvalue weighted by atomic mass is 32.2. The first-order valence-corrected chi connectivity index (χ1v) is 9.96. The summed E-state index contributed by atoms with van der Waals surface area (Å²) >= 11 is 1.48. The van der Waals surface area contributed by atoms with Crippen LogP contribution in [0, 0.1) is 0 Å². The number of carbonyl (C=O) groups is 1. The van der Waals surface area contributed by atoms with Crippen molar-refractivity contribution in [3.8, 4) is 0 Å². The molecular weight excluding hydrogens is 334 g/mol. The number of hydrogen-bond acceptors (Lipinski definition) is 5. The molecule has 1 saturated carbocycles. The van der Waals surface area contributed by atoms with Gasteiger partial charge >= 0.3 is 0 Å². The number of rotatable bonds is 4. The van der Waals surface area contributed by atoms with Crippen LogP contribution in [0.1, 0.15) is 50.6 Å². The summed E-state index contributed by atoms with van der Waals surface area (Å²) in [4.78, 5) is 14.9. The summed E-state index contributed by atoms with van der Waals surface area (Å²) in [5, 5.41) is 12.8. The number of hydrogen-bond donors (Lipinski definition) is 0. The average molecular weight is 357 g/mol. The molecule has 2 aliphatic rings. The van der Waals surface area contributed by atoms with Crippen molar-refractivity contribution in [3.05, 3.63) is 29.8 Å². The summed E-state index contributed by atoms with van der Waals surface area (Å²) in [6, 6.07) is 8.53. The minimum Gasteiger partial charge on any atom is -0.311 e. The molecule has 1 aliphatic heterocycles. The Morgan fingerprint density at radius 2 is 2.04 bits per heavy atom. The molecule has 0 radical (unpaired) electrons. The van der Waals surface area contributed by atoms with Crippen molar-refractivity contribution >= 4 is 23.4 Å². The van der Waals surface area contributed by atoms with Gasteiger partial charge < -0.3 is 4.90 Å². The summed E-state index contributed by atoms with van der Waals surface area (Å²) in [6.07, 6.45) is 6.94. The summed E-state index contributed by atoms with van der Waals surface area (Å²) in [6.45, 7) is 2.71. The maximum absolute atomic E-state index is 12.9. The van der Waals surface area contributed by atoms with Gasteiger partial charge in [0.1, 0.15) is 0 Å². The summed E-state index contributed by atoms with van der Waals surface area (Å²) < 4.78 is 1.94. The van der Waals surface area contributed by atoms with E-state index >= 15 is 0 Å². The maximum Gasteiger partial charge on any atom is 0.240 e. The molecule has 1 aromatic carbocycles. The van der Waals surface area contributed by atoms with E-state index < -0.39 is 0 Å². The van der Waals surface area contributed by atoms with E-state index in [-0.39, 0.29) is 11.2 Å². The monoisotopic (exact) mass is 357 g/mol. The molecule has 0 bridgehead atoms. The molecule has 0 unspecified atom stereocenters. The molecule has 25 heavy (non-hydrogen) atoms.